The fraction of sp³-hybridized carbons (Fsp3) is 0.250. The molecule has 0 aliphatic rings. The van der Waals surface area contributed by atoms with E-state index in [0.717, 1.165) is 38.5 Å². The van der Waals surface area contributed by atoms with Crippen LogP contribution >= 0.6 is 19.5 Å². The lowest BCUT2D eigenvalue weighted by Gasteiger charge is -2.26. The first kappa shape index (κ1) is 22.6. The summed E-state index contributed by atoms with van der Waals surface area (Å²) in [5.74, 6) is 1.65. The molecule has 0 N–H and O–H groups in total. The van der Waals surface area contributed by atoms with E-state index in [9.17, 15) is 0 Å². The second-order valence-electron chi connectivity index (χ2n) is 6.76. The SMILES string of the molecule is COCOc1c(C)cccc1P(c1cccc(Cl)c1)c1cccc(C)c1OCOC. The Morgan fingerprint density at radius 2 is 1.23 bits per heavy atom. The highest BCUT2D eigenvalue weighted by molar-refractivity contribution is 7.80. The lowest BCUT2D eigenvalue weighted by molar-refractivity contribution is 0.0514. The number of benzene rings is 3. The van der Waals surface area contributed by atoms with Crippen molar-refractivity contribution in [1.82, 2.24) is 0 Å². The van der Waals surface area contributed by atoms with E-state index in [1.54, 1.807) is 14.2 Å². The second kappa shape index (κ2) is 10.8. The summed E-state index contributed by atoms with van der Waals surface area (Å²) in [6.45, 7) is 4.44. The van der Waals surface area contributed by atoms with Gasteiger partial charge in [-0.15, -0.1) is 0 Å². The van der Waals surface area contributed by atoms with Crippen molar-refractivity contribution >= 4 is 35.4 Å². The van der Waals surface area contributed by atoms with Crippen LogP contribution in [0.1, 0.15) is 11.1 Å². The number of halogens is 1. The van der Waals surface area contributed by atoms with E-state index in [0.29, 0.717) is 5.02 Å². The molecule has 0 aliphatic carbocycles. The van der Waals surface area contributed by atoms with Gasteiger partial charge in [0.25, 0.3) is 0 Å². The van der Waals surface area contributed by atoms with Crippen LogP contribution in [-0.4, -0.2) is 27.8 Å². The number of aryl methyl sites for hydroxylation is 2. The molecule has 0 aromatic heterocycles. The normalized spacial score (nSPS) is 11.0. The molecule has 6 heteroatoms. The average Bonchev–Trinajstić information content (AvgIpc) is 2.73. The minimum atomic E-state index is -1.01. The van der Waals surface area contributed by atoms with Crippen LogP contribution in [0.4, 0.5) is 0 Å². The Kier molecular flexibility index (Phi) is 8.12. The minimum absolute atomic E-state index is 0.178. The topological polar surface area (TPSA) is 36.9 Å². The number of rotatable bonds is 9. The summed E-state index contributed by atoms with van der Waals surface area (Å²) in [6, 6.07) is 20.4. The van der Waals surface area contributed by atoms with Gasteiger partial charge in [0.1, 0.15) is 11.5 Å². The molecule has 4 nitrogen and oxygen atoms in total. The number of ether oxygens (including phenoxy) is 4. The zero-order valence-electron chi connectivity index (χ0n) is 17.6. The van der Waals surface area contributed by atoms with Crippen LogP contribution in [0.3, 0.4) is 0 Å². The van der Waals surface area contributed by atoms with E-state index in [4.69, 9.17) is 30.5 Å². The molecule has 0 unspecified atom stereocenters. The second-order valence-corrected chi connectivity index (χ2v) is 9.35. The molecule has 0 fully saturated rings. The molecule has 0 atom stereocenters. The summed E-state index contributed by atoms with van der Waals surface area (Å²) in [5.41, 5.74) is 2.09. The smallest absolute Gasteiger partial charge is 0.188 e. The minimum Gasteiger partial charge on any atom is -0.467 e. The van der Waals surface area contributed by atoms with Crippen LogP contribution in [0.2, 0.25) is 5.02 Å². The standard InChI is InChI=1S/C24H26ClO4P/c1-17-8-5-12-21(23(17)28-15-26-3)30(20-11-7-10-19(25)14-20)22-13-6-9-18(2)24(22)29-16-27-4/h5-14H,15-16H2,1-4H3. The molecule has 3 aromatic carbocycles. The number of methoxy groups -OCH3 is 2. The highest BCUT2D eigenvalue weighted by atomic mass is 35.5. The third kappa shape index (κ3) is 5.14. The van der Waals surface area contributed by atoms with E-state index < -0.39 is 7.92 Å². The lowest BCUT2D eigenvalue weighted by Crippen LogP contribution is -2.25. The first-order valence-corrected chi connectivity index (χ1v) is 11.3. The Hall–Kier alpha value is -2.10. The van der Waals surface area contributed by atoms with Crippen molar-refractivity contribution in [2.75, 3.05) is 27.8 Å². The summed E-state index contributed by atoms with van der Waals surface area (Å²) in [6.07, 6.45) is 0. The van der Waals surface area contributed by atoms with Crippen molar-refractivity contribution in [1.29, 1.82) is 0 Å². The zero-order chi connectivity index (χ0) is 21.5. The fourth-order valence-electron chi connectivity index (χ4n) is 3.26. The number of para-hydroxylation sites is 2. The molecule has 0 spiro atoms. The Bertz CT molecular complexity index is 935. The van der Waals surface area contributed by atoms with Crippen LogP contribution in [-0.2, 0) is 9.47 Å². The van der Waals surface area contributed by atoms with E-state index in [-0.39, 0.29) is 13.6 Å². The highest BCUT2D eigenvalue weighted by Crippen LogP contribution is 2.41. The van der Waals surface area contributed by atoms with Crippen LogP contribution in [0.15, 0.2) is 60.7 Å². The zero-order valence-corrected chi connectivity index (χ0v) is 19.3. The molecule has 0 radical (unpaired) electrons. The molecular formula is C24H26ClO4P. The van der Waals surface area contributed by atoms with Crippen LogP contribution in [0, 0.1) is 13.8 Å². The van der Waals surface area contributed by atoms with Gasteiger partial charge in [0.15, 0.2) is 13.6 Å². The van der Waals surface area contributed by atoms with Crippen LogP contribution < -0.4 is 25.4 Å². The van der Waals surface area contributed by atoms with Gasteiger partial charge in [-0.2, -0.15) is 0 Å². The molecule has 0 saturated heterocycles. The van der Waals surface area contributed by atoms with Crippen LogP contribution in [0.25, 0.3) is 0 Å². The van der Waals surface area contributed by atoms with Crippen molar-refractivity contribution in [2.45, 2.75) is 13.8 Å². The molecule has 0 heterocycles. The highest BCUT2D eigenvalue weighted by Gasteiger charge is 2.25. The molecule has 3 rings (SSSR count). The molecule has 158 valence electrons. The average molecular weight is 445 g/mol. The molecule has 3 aromatic rings. The maximum Gasteiger partial charge on any atom is 0.188 e. The van der Waals surface area contributed by atoms with E-state index in [1.165, 1.54) is 0 Å². The van der Waals surface area contributed by atoms with Gasteiger partial charge in [-0.25, -0.2) is 0 Å². The largest absolute Gasteiger partial charge is 0.467 e. The van der Waals surface area contributed by atoms with Crippen LogP contribution in [0.5, 0.6) is 11.5 Å². The molecule has 0 aliphatic heterocycles. The summed E-state index contributed by atoms with van der Waals surface area (Å²) in [5, 5.41) is 3.96. The van der Waals surface area contributed by atoms with Gasteiger partial charge < -0.3 is 18.9 Å². The van der Waals surface area contributed by atoms with Gasteiger partial charge in [-0.1, -0.05) is 60.1 Å². The van der Waals surface area contributed by atoms with Gasteiger partial charge in [0.2, 0.25) is 0 Å². The first-order chi connectivity index (χ1) is 14.6. The summed E-state index contributed by atoms with van der Waals surface area (Å²) < 4.78 is 22.4. The van der Waals surface area contributed by atoms with Gasteiger partial charge in [0.05, 0.1) is 0 Å². The van der Waals surface area contributed by atoms with Crippen molar-refractivity contribution in [3.05, 3.63) is 76.8 Å². The summed E-state index contributed by atoms with van der Waals surface area (Å²) >= 11 is 6.38. The predicted octanol–water partition coefficient (Wildman–Crippen LogP) is 4.68. The molecule has 0 bridgehead atoms. The third-order valence-corrected chi connectivity index (χ3v) is 7.27. The Balaban J connectivity index is 2.25. The van der Waals surface area contributed by atoms with Crippen molar-refractivity contribution in [2.24, 2.45) is 0 Å². The van der Waals surface area contributed by atoms with Crippen molar-refractivity contribution < 1.29 is 18.9 Å². The lowest BCUT2D eigenvalue weighted by atomic mass is 10.2. The van der Waals surface area contributed by atoms with Crippen molar-refractivity contribution in [3.8, 4) is 11.5 Å². The molecule has 0 amide bonds. The van der Waals surface area contributed by atoms with E-state index >= 15 is 0 Å². The van der Waals surface area contributed by atoms with Crippen molar-refractivity contribution in [3.63, 3.8) is 0 Å². The molecule has 0 saturated carbocycles. The Morgan fingerprint density at radius 1 is 0.733 bits per heavy atom. The van der Waals surface area contributed by atoms with Gasteiger partial charge in [-0.3, -0.25) is 0 Å². The van der Waals surface area contributed by atoms with Gasteiger partial charge in [-0.05, 0) is 50.3 Å². The molecular weight excluding hydrogens is 419 g/mol. The van der Waals surface area contributed by atoms with E-state index in [1.807, 2.05) is 44.2 Å². The maximum atomic E-state index is 6.38. The number of hydrogen-bond donors (Lipinski definition) is 0. The third-order valence-electron chi connectivity index (χ3n) is 4.57. The Morgan fingerprint density at radius 3 is 1.70 bits per heavy atom. The summed E-state index contributed by atoms with van der Waals surface area (Å²) in [7, 11) is 2.23. The first-order valence-electron chi connectivity index (χ1n) is 9.55. The summed E-state index contributed by atoms with van der Waals surface area (Å²) in [4.78, 5) is 0. The van der Waals surface area contributed by atoms with Gasteiger partial charge >= 0.3 is 0 Å². The predicted molar refractivity (Wildman–Crippen MR) is 125 cm³/mol. The fourth-order valence-corrected chi connectivity index (χ4v) is 6.20. The Labute approximate surface area is 184 Å². The monoisotopic (exact) mass is 444 g/mol. The van der Waals surface area contributed by atoms with Gasteiger partial charge in [0, 0.05) is 29.9 Å². The quantitative estimate of drug-likeness (QED) is 0.355. The van der Waals surface area contributed by atoms with E-state index in [2.05, 4.69) is 30.3 Å². The molecule has 30 heavy (non-hydrogen) atoms. The number of hydrogen-bond acceptors (Lipinski definition) is 4. The maximum absolute atomic E-state index is 6.38.